The first-order valence-electron chi connectivity index (χ1n) is 13.3. The number of nitrogens with zero attached hydrogens (tertiary/aromatic N) is 2. The topological polar surface area (TPSA) is 86.8 Å². The van der Waals surface area contributed by atoms with Crippen LogP contribution in [0.25, 0.3) is 0 Å². The molecular weight excluding hydrogens is 546 g/mol. The zero-order chi connectivity index (χ0) is 29.6. The number of sulfonamides is 1. The Labute approximate surface area is 243 Å². The second-order valence-electron chi connectivity index (χ2n) is 10.2. The van der Waals surface area contributed by atoms with Crippen molar-refractivity contribution in [3.63, 3.8) is 0 Å². The van der Waals surface area contributed by atoms with E-state index in [0.717, 1.165) is 27.4 Å². The molecule has 0 aromatic heterocycles. The Bertz CT molecular complexity index is 1460. The molecule has 3 rings (SSSR count). The fourth-order valence-electron chi connectivity index (χ4n) is 4.22. The van der Waals surface area contributed by atoms with E-state index in [1.807, 2.05) is 52.0 Å². The van der Waals surface area contributed by atoms with E-state index in [9.17, 15) is 18.0 Å². The summed E-state index contributed by atoms with van der Waals surface area (Å²) in [6.45, 7) is 10.7. The zero-order valence-electron chi connectivity index (χ0n) is 23.9. The lowest BCUT2D eigenvalue weighted by atomic mass is 10.1. The summed E-state index contributed by atoms with van der Waals surface area (Å²) >= 11 is 6.29. The van der Waals surface area contributed by atoms with Gasteiger partial charge >= 0.3 is 0 Å². The van der Waals surface area contributed by atoms with E-state index in [1.54, 1.807) is 44.2 Å². The largest absolute Gasteiger partial charge is 0.352 e. The van der Waals surface area contributed by atoms with Crippen LogP contribution < -0.4 is 9.62 Å². The second-order valence-corrected chi connectivity index (χ2v) is 12.5. The molecule has 3 aromatic carbocycles. The molecule has 0 fully saturated rings. The molecule has 1 N–H and O–H groups in total. The molecule has 7 nitrogen and oxygen atoms in total. The number of amides is 2. The molecule has 2 atom stereocenters. The number of nitrogens with one attached hydrogen (secondary N) is 1. The Morgan fingerprint density at radius 3 is 2.20 bits per heavy atom. The van der Waals surface area contributed by atoms with Crippen LogP contribution in [0.1, 0.15) is 49.4 Å². The summed E-state index contributed by atoms with van der Waals surface area (Å²) in [5.74, 6) is -0.812. The van der Waals surface area contributed by atoms with Gasteiger partial charge in [0.2, 0.25) is 11.8 Å². The maximum Gasteiger partial charge on any atom is 0.264 e. The highest BCUT2D eigenvalue weighted by molar-refractivity contribution is 7.92. The van der Waals surface area contributed by atoms with Crippen LogP contribution in [-0.2, 0) is 26.2 Å². The van der Waals surface area contributed by atoms with Crippen molar-refractivity contribution < 1.29 is 18.0 Å². The van der Waals surface area contributed by atoms with Gasteiger partial charge in [0.1, 0.15) is 12.6 Å². The summed E-state index contributed by atoms with van der Waals surface area (Å²) in [6, 6.07) is 18.1. The standard InChI is InChI=1S/C31H38ClN3O4S/c1-7-24(5)33-31(37)25(6)34(19-26-11-9-8-10-22(26)3)30(36)20-35(29-18-27(32)15-14-23(29)4)40(38,39)28-16-12-21(2)13-17-28/h8-18,24-25H,7,19-20H2,1-6H3,(H,33,37)/t24-,25+/m0/s1. The van der Waals surface area contributed by atoms with Crippen LogP contribution >= 0.6 is 11.6 Å². The smallest absolute Gasteiger partial charge is 0.264 e. The maximum atomic E-state index is 14.1. The molecule has 40 heavy (non-hydrogen) atoms. The van der Waals surface area contributed by atoms with Gasteiger partial charge in [-0.3, -0.25) is 13.9 Å². The molecule has 0 aliphatic heterocycles. The minimum Gasteiger partial charge on any atom is -0.352 e. The first kappa shape index (κ1) is 31.2. The Morgan fingerprint density at radius 1 is 0.925 bits per heavy atom. The normalized spacial score (nSPS) is 12.9. The van der Waals surface area contributed by atoms with Gasteiger partial charge in [-0.05, 0) is 82.0 Å². The molecule has 0 heterocycles. The minimum absolute atomic E-state index is 0.0540. The van der Waals surface area contributed by atoms with E-state index in [-0.39, 0.29) is 23.4 Å². The second kappa shape index (κ2) is 13.3. The molecule has 0 radical (unpaired) electrons. The summed E-state index contributed by atoms with van der Waals surface area (Å²) in [4.78, 5) is 28.8. The van der Waals surface area contributed by atoms with Crippen molar-refractivity contribution in [1.82, 2.24) is 10.2 Å². The quantitative estimate of drug-likeness (QED) is 0.309. The number of carbonyl (C=O) groups is 2. The van der Waals surface area contributed by atoms with E-state index in [1.165, 1.54) is 17.0 Å². The van der Waals surface area contributed by atoms with Gasteiger partial charge in [0, 0.05) is 17.6 Å². The van der Waals surface area contributed by atoms with Crippen LogP contribution in [0.5, 0.6) is 0 Å². The van der Waals surface area contributed by atoms with Crippen molar-refractivity contribution in [2.24, 2.45) is 0 Å². The lowest BCUT2D eigenvalue weighted by Gasteiger charge is -2.33. The lowest BCUT2D eigenvalue weighted by Crippen LogP contribution is -2.52. The third-order valence-electron chi connectivity index (χ3n) is 7.10. The van der Waals surface area contributed by atoms with E-state index in [4.69, 9.17) is 11.6 Å². The third kappa shape index (κ3) is 7.43. The Kier molecular flexibility index (Phi) is 10.4. The van der Waals surface area contributed by atoms with Crippen LogP contribution in [0, 0.1) is 20.8 Å². The summed E-state index contributed by atoms with van der Waals surface area (Å²) in [5, 5.41) is 3.29. The average Bonchev–Trinajstić information content (AvgIpc) is 2.92. The molecule has 0 saturated carbocycles. The summed E-state index contributed by atoms with van der Waals surface area (Å²) in [6.07, 6.45) is 0.737. The molecule has 214 valence electrons. The highest BCUT2D eigenvalue weighted by Crippen LogP contribution is 2.30. The number of hydrogen-bond acceptors (Lipinski definition) is 4. The molecule has 3 aromatic rings. The SMILES string of the molecule is CC[C@H](C)NC(=O)[C@@H](C)N(Cc1ccccc1C)C(=O)CN(c1cc(Cl)ccc1C)S(=O)(=O)c1ccc(C)cc1. The van der Waals surface area contributed by atoms with Crippen LogP contribution in [0.3, 0.4) is 0 Å². The van der Waals surface area contributed by atoms with Gasteiger partial charge in [-0.1, -0.05) is 66.6 Å². The van der Waals surface area contributed by atoms with Gasteiger partial charge in [0.15, 0.2) is 0 Å². The minimum atomic E-state index is -4.16. The molecule has 0 saturated heterocycles. The van der Waals surface area contributed by atoms with Gasteiger partial charge in [-0.25, -0.2) is 8.42 Å². The van der Waals surface area contributed by atoms with Crippen molar-refractivity contribution in [2.45, 2.75) is 71.5 Å². The number of anilines is 1. The Morgan fingerprint density at radius 2 is 1.57 bits per heavy atom. The van der Waals surface area contributed by atoms with Gasteiger partial charge in [0.05, 0.1) is 10.6 Å². The van der Waals surface area contributed by atoms with Gasteiger partial charge < -0.3 is 10.2 Å². The number of hydrogen-bond donors (Lipinski definition) is 1. The summed E-state index contributed by atoms with van der Waals surface area (Å²) in [5.41, 5.74) is 3.68. The van der Waals surface area contributed by atoms with E-state index >= 15 is 0 Å². The molecule has 2 amide bonds. The highest BCUT2D eigenvalue weighted by atomic mass is 35.5. The Balaban J connectivity index is 2.08. The lowest BCUT2D eigenvalue weighted by molar-refractivity contribution is -0.139. The fraction of sp³-hybridized carbons (Fsp3) is 0.355. The number of halogens is 1. The molecule has 0 aliphatic carbocycles. The van der Waals surface area contributed by atoms with Gasteiger partial charge in [-0.15, -0.1) is 0 Å². The third-order valence-corrected chi connectivity index (χ3v) is 9.11. The zero-order valence-corrected chi connectivity index (χ0v) is 25.5. The molecule has 0 bridgehead atoms. The summed E-state index contributed by atoms with van der Waals surface area (Å²) in [7, 11) is -4.16. The van der Waals surface area contributed by atoms with Crippen LogP contribution in [0.2, 0.25) is 5.02 Å². The monoisotopic (exact) mass is 583 g/mol. The molecule has 9 heteroatoms. The average molecular weight is 584 g/mol. The van der Waals surface area contributed by atoms with Crippen molar-refractivity contribution in [1.29, 1.82) is 0 Å². The van der Waals surface area contributed by atoms with Crippen molar-refractivity contribution >= 4 is 39.1 Å². The first-order valence-corrected chi connectivity index (χ1v) is 15.2. The van der Waals surface area contributed by atoms with E-state index < -0.39 is 28.5 Å². The maximum absolute atomic E-state index is 14.1. The van der Waals surface area contributed by atoms with Gasteiger partial charge in [0.25, 0.3) is 10.0 Å². The van der Waals surface area contributed by atoms with Crippen LogP contribution in [0.15, 0.2) is 71.6 Å². The predicted molar refractivity (Wildman–Crippen MR) is 161 cm³/mol. The van der Waals surface area contributed by atoms with Crippen molar-refractivity contribution in [3.8, 4) is 0 Å². The number of carbonyl (C=O) groups excluding carboxylic acids is 2. The molecular formula is C31H38ClN3O4S. The first-order chi connectivity index (χ1) is 18.8. The fourth-order valence-corrected chi connectivity index (χ4v) is 5.86. The van der Waals surface area contributed by atoms with Crippen LogP contribution in [0.4, 0.5) is 5.69 Å². The van der Waals surface area contributed by atoms with Crippen molar-refractivity contribution in [3.05, 3.63) is 94.0 Å². The number of rotatable bonds is 11. The molecule has 0 spiro atoms. The Hall–Kier alpha value is -3.36. The predicted octanol–water partition coefficient (Wildman–Crippen LogP) is 5.79. The molecule has 0 unspecified atom stereocenters. The number of benzene rings is 3. The highest BCUT2D eigenvalue weighted by Gasteiger charge is 2.33. The molecule has 0 aliphatic rings. The number of aryl methyl sites for hydroxylation is 3. The van der Waals surface area contributed by atoms with E-state index in [2.05, 4.69) is 5.32 Å². The van der Waals surface area contributed by atoms with Gasteiger partial charge in [-0.2, -0.15) is 0 Å². The van der Waals surface area contributed by atoms with E-state index in [0.29, 0.717) is 16.3 Å². The van der Waals surface area contributed by atoms with Crippen molar-refractivity contribution in [2.75, 3.05) is 10.8 Å². The van der Waals surface area contributed by atoms with Crippen LogP contribution in [-0.4, -0.2) is 43.8 Å². The summed E-state index contributed by atoms with van der Waals surface area (Å²) < 4.78 is 29.1.